The van der Waals surface area contributed by atoms with Gasteiger partial charge in [-0.1, -0.05) is 15.9 Å². The molecule has 30 heavy (non-hydrogen) atoms. The number of ether oxygens (including phenoxy) is 1. The van der Waals surface area contributed by atoms with Crippen molar-refractivity contribution in [2.45, 2.75) is 27.2 Å². The van der Waals surface area contributed by atoms with Gasteiger partial charge in [-0.05, 0) is 50.2 Å². The van der Waals surface area contributed by atoms with Crippen LogP contribution in [0.3, 0.4) is 0 Å². The number of carbonyl (C=O) groups is 1. The molecule has 154 valence electrons. The summed E-state index contributed by atoms with van der Waals surface area (Å²) in [7, 11) is 0. The summed E-state index contributed by atoms with van der Waals surface area (Å²) in [5, 5.41) is 15.7. The number of hydrogen-bond donors (Lipinski definition) is 1. The maximum atomic E-state index is 12.5. The molecule has 0 atom stereocenters. The van der Waals surface area contributed by atoms with Crippen LogP contribution in [0.15, 0.2) is 59.5 Å². The number of aryl methyl sites for hydroxylation is 2. The van der Waals surface area contributed by atoms with Crippen molar-refractivity contribution in [3.8, 4) is 5.75 Å². The Morgan fingerprint density at radius 3 is 2.67 bits per heavy atom. The molecule has 0 fully saturated rings. The first-order chi connectivity index (χ1) is 14.5. The van der Waals surface area contributed by atoms with E-state index in [2.05, 4.69) is 36.5 Å². The number of aromatic nitrogens is 6. The van der Waals surface area contributed by atoms with Crippen LogP contribution in [0.4, 0.5) is 5.69 Å². The predicted molar refractivity (Wildman–Crippen MR) is 114 cm³/mol. The van der Waals surface area contributed by atoms with Gasteiger partial charge in [0, 0.05) is 16.4 Å². The Balaban J connectivity index is 1.33. The second-order valence-electron chi connectivity index (χ2n) is 6.76. The molecule has 0 radical (unpaired) electrons. The third kappa shape index (κ3) is 4.77. The van der Waals surface area contributed by atoms with E-state index >= 15 is 0 Å². The molecular formula is C20H20BrN7O2. The molecule has 0 aliphatic carbocycles. The number of amides is 1. The molecule has 10 heteroatoms. The lowest BCUT2D eigenvalue weighted by Gasteiger charge is -2.06. The molecule has 0 saturated heterocycles. The van der Waals surface area contributed by atoms with Crippen LogP contribution in [0.5, 0.6) is 5.75 Å². The lowest BCUT2D eigenvalue weighted by molar-refractivity contribution is 0.102. The molecule has 0 unspecified atom stereocenters. The number of rotatable bonds is 7. The molecule has 4 rings (SSSR count). The van der Waals surface area contributed by atoms with Gasteiger partial charge in [0.2, 0.25) is 0 Å². The van der Waals surface area contributed by atoms with Crippen LogP contribution in [0.1, 0.15) is 21.9 Å². The van der Waals surface area contributed by atoms with Crippen LogP contribution in [0.2, 0.25) is 0 Å². The van der Waals surface area contributed by atoms with E-state index in [-0.39, 0.29) is 12.6 Å². The standard InChI is InChI=1S/C20H20BrN7O2/c1-14-9-15(2)28(24-14)12-26-8-7-19(25-26)20(29)23-17-10-22-27(11-17)13-30-18-5-3-16(21)4-6-18/h3-11H,12-13H2,1-2H3,(H,23,29). The van der Waals surface area contributed by atoms with E-state index in [9.17, 15) is 4.79 Å². The summed E-state index contributed by atoms with van der Waals surface area (Å²) in [5.74, 6) is 0.419. The van der Waals surface area contributed by atoms with Crippen LogP contribution in [0, 0.1) is 13.8 Å². The quantitative estimate of drug-likeness (QED) is 0.447. The number of benzene rings is 1. The highest BCUT2D eigenvalue weighted by atomic mass is 79.9. The zero-order chi connectivity index (χ0) is 21.1. The molecule has 1 N–H and O–H groups in total. The minimum absolute atomic E-state index is 0.231. The molecule has 0 bridgehead atoms. The maximum Gasteiger partial charge on any atom is 0.276 e. The molecular weight excluding hydrogens is 450 g/mol. The second-order valence-corrected chi connectivity index (χ2v) is 7.67. The van der Waals surface area contributed by atoms with Gasteiger partial charge in [-0.3, -0.25) is 9.48 Å². The van der Waals surface area contributed by atoms with Gasteiger partial charge in [0.25, 0.3) is 5.91 Å². The van der Waals surface area contributed by atoms with Crippen molar-refractivity contribution in [3.63, 3.8) is 0 Å². The smallest absolute Gasteiger partial charge is 0.276 e. The van der Waals surface area contributed by atoms with E-state index in [0.717, 1.165) is 21.6 Å². The maximum absolute atomic E-state index is 12.5. The average molecular weight is 470 g/mol. The number of halogens is 1. The molecule has 0 aliphatic rings. The normalized spacial score (nSPS) is 10.9. The summed E-state index contributed by atoms with van der Waals surface area (Å²) in [6.07, 6.45) is 5.01. The zero-order valence-electron chi connectivity index (χ0n) is 16.5. The van der Waals surface area contributed by atoms with E-state index < -0.39 is 0 Å². The summed E-state index contributed by atoms with van der Waals surface area (Å²) < 4.78 is 11.7. The number of nitrogens with zero attached hydrogens (tertiary/aromatic N) is 6. The Morgan fingerprint density at radius 1 is 1.13 bits per heavy atom. The molecule has 3 heterocycles. The fourth-order valence-electron chi connectivity index (χ4n) is 2.88. The van der Waals surface area contributed by atoms with Gasteiger partial charge in [-0.25, -0.2) is 9.36 Å². The van der Waals surface area contributed by atoms with Crippen LogP contribution in [-0.4, -0.2) is 35.2 Å². The SMILES string of the molecule is Cc1cc(C)n(Cn2ccc(C(=O)Nc3cnn(COc4ccc(Br)cc4)c3)n2)n1. The largest absolute Gasteiger partial charge is 0.471 e. The van der Waals surface area contributed by atoms with Crippen LogP contribution >= 0.6 is 15.9 Å². The summed E-state index contributed by atoms with van der Waals surface area (Å²) in [5.41, 5.74) is 2.86. The molecule has 0 saturated carbocycles. The fraction of sp³-hybridized carbons (Fsp3) is 0.200. The summed E-state index contributed by atoms with van der Waals surface area (Å²) in [6.45, 7) is 4.60. The van der Waals surface area contributed by atoms with Crippen LogP contribution < -0.4 is 10.1 Å². The van der Waals surface area contributed by atoms with Gasteiger partial charge >= 0.3 is 0 Å². The van der Waals surface area contributed by atoms with Crippen molar-refractivity contribution in [1.29, 1.82) is 0 Å². The van der Waals surface area contributed by atoms with Gasteiger partial charge in [-0.15, -0.1) is 0 Å². The average Bonchev–Trinajstić information content (AvgIpc) is 3.43. The highest BCUT2D eigenvalue weighted by Crippen LogP contribution is 2.16. The zero-order valence-corrected chi connectivity index (χ0v) is 18.1. The predicted octanol–water partition coefficient (Wildman–Crippen LogP) is 3.45. The highest BCUT2D eigenvalue weighted by Gasteiger charge is 2.12. The Kier molecular flexibility index (Phi) is 5.66. The van der Waals surface area contributed by atoms with Gasteiger partial charge in [0.1, 0.15) is 12.4 Å². The summed E-state index contributed by atoms with van der Waals surface area (Å²) in [4.78, 5) is 12.5. The minimum Gasteiger partial charge on any atom is -0.471 e. The topological polar surface area (TPSA) is 91.8 Å². The Hall–Kier alpha value is -3.40. The lowest BCUT2D eigenvalue weighted by Crippen LogP contribution is -2.15. The second kappa shape index (κ2) is 8.54. The van der Waals surface area contributed by atoms with E-state index in [1.54, 1.807) is 34.0 Å². The van der Waals surface area contributed by atoms with Crippen molar-refractivity contribution >= 4 is 27.5 Å². The highest BCUT2D eigenvalue weighted by molar-refractivity contribution is 9.10. The molecule has 1 amide bonds. The van der Waals surface area contributed by atoms with Crippen molar-refractivity contribution in [2.75, 3.05) is 5.32 Å². The van der Waals surface area contributed by atoms with Gasteiger partial charge in [-0.2, -0.15) is 15.3 Å². The Bertz CT molecular complexity index is 1160. The van der Waals surface area contributed by atoms with Crippen LogP contribution in [-0.2, 0) is 13.4 Å². The van der Waals surface area contributed by atoms with E-state index in [0.29, 0.717) is 18.1 Å². The molecule has 4 aromatic rings. The molecule has 0 aliphatic heterocycles. The molecule has 9 nitrogen and oxygen atoms in total. The van der Waals surface area contributed by atoms with Crippen molar-refractivity contribution in [2.24, 2.45) is 0 Å². The number of hydrogen-bond acceptors (Lipinski definition) is 5. The van der Waals surface area contributed by atoms with Crippen molar-refractivity contribution in [1.82, 2.24) is 29.3 Å². The summed E-state index contributed by atoms with van der Waals surface area (Å²) in [6, 6.07) is 11.2. The van der Waals surface area contributed by atoms with E-state index in [1.807, 2.05) is 48.9 Å². The first-order valence-corrected chi connectivity index (χ1v) is 10.0. The van der Waals surface area contributed by atoms with Crippen molar-refractivity contribution < 1.29 is 9.53 Å². The minimum atomic E-state index is -0.310. The number of carbonyl (C=O) groups excluding carboxylic acids is 1. The third-order valence-corrected chi connectivity index (χ3v) is 4.85. The van der Waals surface area contributed by atoms with E-state index in [1.165, 1.54) is 0 Å². The molecule has 3 aromatic heterocycles. The van der Waals surface area contributed by atoms with Crippen molar-refractivity contribution in [3.05, 3.63) is 76.5 Å². The molecule has 0 spiro atoms. The molecule has 1 aromatic carbocycles. The monoisotopic (exact) mass is 469 g/mol. The Morgan fingerprint density at radius 2 is 1.93 bits per heavy atom. The Labute approximate surface area is 181 Å². The lowest BCUT2D eigenvalue weighted by atomic mass is 10.3. The van der Waals surface area contributed by atoms with E-state index in [4.69, 9.17) is 4.74 Å². The van der Waals surface area contributed by atoms with Crippen LogP contribution in [0.25, 0.3) is 0 Å². The van der Waals surface area contributed by atoms with Gasteiger partial charge in [0.15, 0.2) is 12.4 Å². The fourth-order valence-corrected chi connectivity index (χ4v) is 3.15. The first kappa shape index (κ1) is 19.9. The first-order valence-electron chi connectivity index (χ1n) is 9.23. The number of anilines is 1. The number of nitrogens with one attached hydrogen (secondary N) is 1. The van der Waals surface area contributed by atoms with Gasteiger partial charge < -0.3 is 10.1 Å². The van der Waals surface area contributed by atoms with Gasteiger partial charge in [0.05, 0.1) is 23.8 Å². The third-order valence-electron chi connectivity index (χ3n) is 4.32. The summed E-state index contributed by atoms with van der Waals surface area (Å²) >= 11 is 3.38.